The molecule has 2 aromatic carbocycles. The van der Waals surface area contributed by atoms with E-state index in [-0.39, 0.29) is 5.41 Å². The second kappa shape index (κ2) is 5.84. The number of hydrogen-bond donors (Lipinski definition) is 0. The molecule has 0 fully saturated rings. The van der Waals surface area contributed by atoms with E-state index in [1.807, 2.05) is 0 Å². The molecule has 2 aromatic rings. The summed E-state index contributed by atoms with van der Waals surface area (Å²) in [6.45, 7) is 13.8. The Balaban J connectivity index is 2.32. The summed E-state index contributed by atoms with van der Waals surface area (Å²) in [6.07, 6.45) is 10.2. The van der Waals surface area contributed by atoms with Crippen molar-refractivity contribution in [3.8, 4) is 0 Å². The predicted octanol–water partition coefficient (Wildman–Crippen LogP) is 5.26. The maximum absolute atomic E-state index is 2.47. The van der Waals surface area contributed by atoms with Crippen LogP contribution in [-0.2, 0) is 5.41 Å². The maximum Gasteiger partial charge on any atom is -0.00674 e. The van der Waals surface area contributed by atoms with Crippen LogP contribution >= 0.6 is 0 Å². The van der Waals surface area contributed by atoms with E-state index in [0.29, 0.717) is 0 Å². The predicted molar refractivity (Wildman–Crippen MR) is 113 cm³/mol. The minimum absolute atomic E-state index is 0.106. The molecule has 0 saturated carbocycles. The fourth-order valence-electron chi connectivity index (χ4n) is 4.47. The Morgan fingerprint density at radius 3 is 2.46 bits per heavy atom. The summed E-state index contributed by atoms with van der Waals surface area (Å²) in [6, 6.07) is 9.14. The highest BCUT2D eigenvalue weighted by atomic mass is 14.3. The van der Waals surface area contributed by atoms with E-state index in [1.165, 1.54) is 54.3 Å². The molecule has 132 valence electrons. The molecule has 0 nitrogen and oxygen atoms in total. The molecular weight excluding hydrogens is 312 g/mol. The summed E-state index contributed by atoms with van der Waals surface area (Å²) in [5, 5.41) is 5.64. The van der Waals surface area contributed by atoms with Gasteiger partial charge in [-0.1, -0.05) is 62.8 Å². The molecule has 2 aliphatic carbocycles. The van der Waals surface area contributed by atoms with Crippen LogP contribution in [0.5, 0.6) is 0 Å². The molecule has 2 aliphatic rings. The van der Waals surface area contributed by atoms with E-state index in [9.17, 15) is 0 Å². The van der Waals surface area contributed by atoms with Gasteiger partial charge in [-0.15, -0.1) is 0 Å². The van der Waals surface area contributed by atoms with Crippen LogP contribution < -0.4 is 10.4 Å². The normalized spacial score (nSPS) is 14.8. The van der Waals surface area contributed by atoms with E-state index in [1.54, 1.807) is 0 Å². The SMILES string of the molecule is CC(C)=c1c(C(C)(C)C)cc2c(c1C1=CC=CC1)C=c1cccc(C)c1=2. The third-order valence-electron chi connectivity index (χ3n) is 5.64. The average Bonchev–Trinajstić information content (AvgIpc) is 3.19. The van der Waals surface area contributed by atoms with E-state index in [0.717, 1.165) is 6.42 Å². The maximum atomic E-state index is 2.47. The van der Waals surface area contributed by atoms with Crippen LogP contribution in [0.1, 0.15) is 63.3 Å². The highest BCUT2D eigenvalue weighted by Gasteiger charge is 2.23. The molecule has 0 N–H and O–H groups in total. The monoisotopic (exact) mass is 340 g/mol. The first-order valence-corrected chi connectivity index (χ1v) is 9.62. The zero-order valence-corrected chi connectivity index (χ0v) is 16.8. The van der Waals surface area contributed by atoms with Crippen molar-refractivity contribution >= 4 is 17.2 Å². The molecule has 26 heavy (non-hydrogen) atoms. The van der Waals surface area contributed by atoms with Gasteiger partial charge in [0.25, 0.3) is 0 Å². The van der Waals surface area contributed by atoms with Gasteiger partial charge in [0.15, 0.2) is 0 Å². The summed E-state index contributed by atoms with van der Waals surface area (Å²) in [7, 11) is 0. The minimum atomic E-state index is 0.106. The first-order valence-electron chi connectivity index (χ1n) is 9.62. The van der Waals surface area contributed by atoms with Crippen LogP contribution in [0.2, 0.25) is 0 Å². The minimum Gasteiger partial charge on any atom is -0.0801 e. The van der Waals surface area contributed by atoms with Crippen molar-refractivity contribution in [2.75, 3.05) is 0 Å². The molecule has 0 unspecified atom stereocenters. The molecule has 0 spiro atoms. The third-order valence-corrected chi connectivity index (χ3v) is 5.64. The number of benzene rings is 2. The van der Waals surface area contributed by atoms with Gasteiger partial charge < -0.3 is 0 Å². The molecule has 0 aliphatic heterocycles. The second-order valence-corrected chi connectivity index (χ2v) is 8.89. The molecule has 0 heterocycles. The van der Waals surface area contributed by atoms with Gasteiger partial charge >= 0.3 is 0 Å². The van der Waals surface area contributed by atoms with Crippen LogP contribution in [0.25, 0.3) is 17.2 Å². The lowest BCUT2D eigenvalue weighted by Gasteiger charge is -2.24. The second-order valence-electron chi connectivity index (χ2n) is 8.89. The number of rotatable bonds is 1. The molecule has 0 aromatic heterocycles. The van der Waals surface area contributed by atoms with Crippen molar-refractivity contribution in [3.63, 3.8) is 0 Å². The lowest BCUT2D eigenvalue weighted by atomic mass is 9.80. The van der Waals surface area contributed by atoms with E-state index >= 15 is 0 Å². The van der Waals surface area contributed by atoms with E-state index in [4.69, 9.17) is 0 Å². The van der Waals surface area contributed by atoms with E-state index in [2.05, 4.69) is 90.1 Å². The summed E-state index contributed by atoms with van der Waals surface area (Å²) < 4.78 is 0. The Morgan fingerprint density at radius 2 is 1.85 bits per heavy atom. The fraction of sp³-hybridized carbons (Fsp3) is 0.308. The van der Waals surface area contributed by atoms with Crippen molar-refractivity contribution in [1.29, 1.82) is 0 Å². The molecule has 0 amide bonds. The number of allylic oxidation sites excluding steroid dienone is 4. The summed E-state index contributed by atoms with van der Waals surface area (Å²) in [4.78, 5) is 0. The Kier molecular flexibility index (Phi) is 3.84. The standard InChI is InChI=1S/C26H28/c1-16(2)23-22(26(4,5)6)15-21-20(25(23)18-11-7-8-12-18)14-19-13-9-10-17(3)24(19)21/h7-11,13-15H,12H2,1-6H3. The third kappa shape index (κ3) is 2.51. The van der Waals surface area contributed by atoms with Gasteiger partial charge in [0.1, 0.15) is 0 Å². The number of aryl methyl sites for hydroxylation is 1. The van der Waals surface area contributed by atoms with Gasteiger partial charge in [0.2, 0.25) is 0 Å². The highest BCUT2D eigenvalue weighted by molar-refractivity contribution is 5.81. The van der Waals surface area contributed by atoms with Crippen molar-refractivity contribution in [3.05, 3.63) is 85.6 Å². The van der Waals surface area contributed by atoms with Crippen LogP contribution in [0.3, 0.4) is 0 Å². The zero-order valence-electron chi connectivity index (χ0n) is 16.8. The summed E-state index contributed by atoms with van der Waals surface area (Å²) in [5.74, 6) is 0. The Hall–Kier alpha value is -2.34. The highest BCUT2D eigenvalue weighted by Crippen LogP contribution is 2.31. The Morgan fingerprint density at radius 1 is 1.08 bits per heavy atom. The van der Waals surface area contributed by atoms with Crippen LogP contribution in [0.15, 0.2) is 42.5 Å². The average molecular weight is 341 g/mol. The largest absolute Gasteiger partial charge is 0.0801 e. The van der Waals surface area contributed by atoms with Crippen molar-refractivity contribution < 1.29 is 0 Å². The molecular formula is C26H28. The lowest BCUT2D eigenvalue weighted by Crippen LogP contribution is -2.27. The van der Waals surface area contributed by atoms with Crippen LogP contribution in [-0.4, -0.2) is 0 Å². The van der Waals surface area contributed by atoms with Gasteiger partial charge in [0, 0.05) is 0 Å². The molecule has 0 bridgehead atoms. The van der Waals surface area contributed by atoms with Crippen LogP contribution in [0.4, 0.5) is 0 Å². The van der Waals surface area contributed by atoms with Gasteiger partial charge in [-0.2, -0.15) is 0 Å². The Bertz CT molecular complexity index is 1190. The smallest absolute Gasteiger partial charge is 0.00674 e. The first-order chi connectivity index (χ1) is 12.3. The number of hydrogen-bond acceptors (Lipinski definition) is 0. The topological polar surface area (TPSA) is 0 Å². The zero-order chi connectivity index (χ0) is 18.6. The van der Waals surface area contributed by atoms with Crippen LogP contribution in [0, 0.1) is 17.4 Å². The summed E-state index contributed by atoms with van der Waals surface area (Å²) in [5.41, 5.74) is 8.65. The van der Waals surface area contributed by atoms with Gasteiger partial charge in [-0.3, -0.25) is 0 Å². The number of fused-ring (bicyclic) bond motifs is 2. The fourth-order valence-corrected chi connectivity index (χ4v) is 4.47. The van der Waals surface area contributed by atoms with Crippen molar-refractivity contribution in [2.45, 2.75) is 53.4 Å². The first kappa shape index (κ1) is 17.1. The summed E-state index contributed by atoms with van der Waals surface area (Å²) >= 11 is 0. The van der Waals surface area contributed by atoms with Crippen molar-refractivity contribution in [2.24, 2.45) is 0 Å². The van der Waals surface area contributed by atoms with Gasteiger partial charge in [-0.05, 0) is 93.5 Å². The Labute approximate surface area is 156 Å². The van der Waals surface area contributed by atoms with Crippen molar-refractivity contribution in [1.82, 2.24) is 0 Å². The van der Waals surface area contributed by atoms with Gasteiger partial charge in [0.05, 0.1) is 0 Å². The van der Waals surface area contributed by atoms with Gasteiger partial charge in [-0.25, -0.2) is 0 Å². The van der Waals surface area contributed by atoms with E-state index < -0.39 is 0 Å². The molecule has 0 saturated heterocycles. The molecule has 0 atom stereocenters. The molecule has 0 radical (unpaired) electrons. The molecule has 0 heteroatoms. The lowest BCUT2D eigenvalue weighted by molar-refractivity contribution is 0.585. The quantitative estimate of drug-likeness (QED) is 0.567. The molecule has 4 rings (SSSR count).